The normalized spacial score (nSPS) is 34.3. The molecule has 3 aliphatic rings. The third-order valence-electron chi connectivity index (χ3n) is 8.98. The highest BCUT2D eigenvalue weighted by atomic mass is 16.5. The van der Waals surface area contributed by atoms with E-state index < -0.39 is 23.9 Å². The SMILES string of the molecule is C[C@H](CCCC(C)(C)O)[C@H]1CCC2/C(=C/C(=O)N3C[C@@H](O)C(OCCCO)[C@H](O)C3)CCC[C@@]21C. The standard InChI is InChI=1S/C28H49NO6/c1-19(8-5-12-27(2,3)34)21-10-11-22-20(9-6-13-28(21,22)4)16-25(33)29-17-23(31)26(24(32)18-29)35-15-7-14-30/h16,19,21-24,26,30-32,34H,5-15,17-18H2,1-4H3/b20-16+/t19-,21-,22?,23-,24-,28-/m1/s1. The number of likely N-dealkylation sites (tertiary alicyclic amines) is 1. The van der Waals surface area contributed by atoms with E-state index >= 15 is 0 Å². The summed E-state index contributed by atoms with van der Waals surface area (Å²) in [4.78, 5) is 14.7. The smallest absolute Gasteiger partial charge is 0.246 e. The Morgan fingerprint density at radius 2 is 1.91 bits per heavy atom. The first-order valence-electron chi connectivity index (χ1n) is 13.8. The van der Waals surface area contributed by atoms with Crippen molar-refractivity contribution in [2.75, 3.05) is 26.3 Å². The number of allylic oxidation sites excluding steroid dienone is 1. The van der Waals surface area contributed by atoms with Crippen LogP contribution in [0.3, 0.4) is 0 Å². The van der Waals surface area contributed by atoms with Crippen LogP contribution in [0.4, 0.5) is 0 Å². The first-order chi connectivity index (χ1) is 16.5. The van der Waals surface area contributed by atoms with Gasteiger partial charge in [0.15, 0.2) is 0 Å². The Balaban J connectivity index is 1.62. The molecule has 35 heavy (non-hydrogen) atoms. The number of β-amino-alcohol motifs (C(OH)–C–C–N with tert-alkyl or cyclic N) is 2. The Kier molecular flexibility index (Phi) is 9.83. The van der Waals surface area contributed by atoms with E-state index in [2.05, 4.69) is 13.8 Å². The molecular formula is C28H49NO6. The highest BCUT2D eigenvalue weighted by Crippen LogP contribution is 2.59. The number of hydrogen-bond donors (Lipinski definition) is 4. The molecule has 0 aromatic rings. The summed E-state index contributed by atoms with van der Waals surface area (Å²) in [5.41, 5.74) is 0.829. The average molecular weight is 496 g/mol. The second-order valence-electron chi connectivity index (χ2n) is 12.3. The van der Waals surface area contributed by atoms with E-state index in [-0.39, 0.29) is 37.6 Å². The molecular weight excluding hydrogens is 446 g/mol. The van der Waals surface area contributed by atoms with Crippen LogP contribution < -0.4 is 0 Å². The van der Waals surface area contributed by atoms with Gasteiger partial charge in [0.1, 0.15) is 18.3 Å². The van der Waals surface area contributed by atoms with Crippen LogP contribution in [-0.2, 0) is 9.53 Å². The number of piperidine rings is 1. The van der Waals surface area contributed by atoms with E-state index in [9.17, 15) is 20.1 Å². The zero-order chi connectivity index (χ0) is 25.8. The van der Waals surface area contributed by atoms with E-state index in [1.165, 1.54) is 18.4 Å². The molecule has 0 aromatic heterocycles. The number of carbonyl (C=O) groups excluding carboxylic acids is 1. The van der Waals surface area contributed by atoms with Crippen molar-refractivity contribution >= 4 is 5.91 Å². The van der Waals surface area contributed by atoms with Gasteiger partial charge >= 0.3 is 0 Å². The minimum Gasteiger partial charge on any atom is -0.396 e. The zero-order valence-corrected chi connectivity index (χ0v) is 22.3. The summed E-state index contributed by atoms with van der Waals surface area (Å²) in [5, 5.41) is 40.0. The van der Waals surface area contributed by atoms with Gasteiger partial charge in [0, 0.05) is 32.4 Å². The number of aliphatic hydroxyl groups excluding tert-OH is 3. The highest BCUT2D eigenvalue weighted by Gasteiger charge is 2.51. The van der Waals surface area contributed by atoms with Crippen molar-refractivity contribution in [1.82, 2.24) is 4.90 Å². The number of hydrogen-bond acceptors (Lipinski definition) is 6. The fraction of sp³-hybridized carbons (Fsp3) is 0.893. The number of ether oxygens (including phenoxy) is 1. The molecule has 3 rings (SSSR count). The Labute approximate surface area is 211 Å². The lowest BCUT2D eigenvalue weighted by Crippen LogP contribution is -2.57. The first kappa shape index (κ1) is 28.6. The fourth-order valence-corrected chi connectivity index (χ4v) is 7.17. The van der Waals surface area contributed by atoms with Crippen LogP contribution in [0.2, 0.25) is 0 Å². The van der Waals surface area contributed by atoms with Gasteiger partial charge in [-0.15, -0.1) is 0 Å². The molecule has 1 saturated heterocycles. The fourth-order valence-electron chi connectivity index (χ4n) is 7.17. The number of carbonyl (C=O) groups is 1. The summed E-state index contributed by atoms with van der Waals surface area (Å²) >= 11 is 0. The van der Waals surface area contributed by atoms with Gasteiger partial charge in [-0.3, -0.25) is 4.79 Å². The molecule has 2 aliphatic carbocycles. The minimum atomic E-state index is -0.947. The Hall–Kier alpha value is -0.990. The molecule has 0 radical (unpaired) electrons. The highest BCUT2D eigenvalue weighted by molar-refractivity contribution is 5.88. The van der Waals surface area contributed by atoms with Crippen LogP contribution in [0.5, 0.6) is 0 Å². The molecule has 4 N–H and O–H groups in total. The molecule has 202 valence electrons. The average Bonchev–Trinajstić information content (AvgIpc) is 3.12. The predicted octanol–water partition coefficient (Wildman–Crippen LogP) is 3.04. The van der Waals surface area contributed by atoms with Crippen LogP contribution in [-0.4, -0.2) is 81.4 Å². The summed E-state index contributed by atoms with van der Waals surface area (Å²) in [6.45, 7) is 9.10. The maximum atomic E-state index is 13.2. The van der Waals surface area contributed by atoms with Gasteiger partial charge in [0.05, 0.1) is 5.60 Å². The first-order valence-corrected chi connectivity index (χ1v) is 13.8. The van der Waals surface area contributed by atoms with Crippen molar-refractivity contribution in [3.05, 3.63) is 11.6 Å². The maximum Gasteiger partial charge on any atom is 0.246 e. The Morgan fingerprint density at radius 1 is 1.23 bits per heavy atom. The summed E-state index contributed by atoms with van der Waals surface area (Å²) in [6.07, 6.45) is 8.13. The number of fused-ring (bicyclic) bond motifs is 1. The molecule has 0 aromatic carbocycles. The van der Waals surface area contributed by atoms with Crippen molar-refractivity contribution in [2.45, 2.75) is 109 Å². The van der Waals surface area contributed by atoms with Crippen LogP contribution in [0.15, 0.2) is 11.6 Å². The largest absolute Gasteiger partial charge is 0.396 e. The third-order valence-corrected chi connectivity index (χ3v) is 8.98. The van der Waals surface area contributed by atoms with Crippen molar-refractivity contribution < 1.29 is 30.0 Å². The van der Waals surface area contributed by atoms with Gasteiger partial charge in [0.25, 0.3) is 0 Å². The second kappa shape index (κ2) is 12.0. The number of aliphatic hydroxyl groups is 4. The summed E-state index contributed by atoms with van der Waals surface area (Å²) in [5.74, 6) is 1.51. The second-order valence-corrected chi connectivity index (χ2v) is 12.3. The van der Waals surface area contributed by atoms with Gasteiger partial charge in [0.2, 0.25) is 5.91 Å². The molecule has 3 fully saturated rings. The Morgan fingerprint density at radius 3 is 2.54 bits per heavy atom. The van der Waals surface area contributed by atoms with Gasteiger partial charge in [-0.2, -0.15) is 0 Å². The quantitative estimate of drug-likeness (QED) is 0.274. The molecule has 6 atom stereocenters. The van der Waals surface area contributed by atoms with Gasteiger partial charge in [-0.25, -0.2) is 0 Å². The van der Waals surface area contributed by atoms with E-state index in [4.69, 9.17) is 9.84 Å². The van der Waals surface area contributed by atoms with Crippen LogP contribution in [0.1, 0.15) is 85.5 Å². The third kappa shape index (κ3) is 7.07. The molecule has 1 unspecified atom stereocenters. The van der Waals surface area contributed by atoms with Crippen molar-refractivity contribution in [3.8, 4) is 0 Å². The van der Waals surface area contributed by atoms with Crippen LogP contribution in [0, 0.1) is 23.2 Å². The summed E-state index contributed by atoms with van der Waals surface area (Å²) in [6, 6.07) is 0. The number of rotatable bonds is 10. The lowest BCUT2D eigenvalue weighted by molar-refractivity contribution is -0.155. The number of amides is 1. The number of nitrogens with zero attached hydrogens (tertiary/aromatic N) is 1. The summed E-state index contributed by atoms with van der Waals surface area (Å²) in [7, 11) is 0. The van der Waals surface area contributed by atoms with Gasteiger partial charge in [-0.1, -0.05) is 32.3 Å². The molecule has 1 amide bonds. The molecule has 2 saturated carbocycles. The van der Waals surface area contributed by atoms with E-state index in [1.807, 2.05) is 13.8 Å². The van der Waals surface area contributed by atoms with E-state index in [0.717, 1.165) is 38.5 Å². The molecule has 1 aliphatic heterocycles. The van der Waals surface area contributed by atoms with Crippen molar-refractivity contribution in [1.29, 1.82) is 0 Å². The van der Waals surface area contributed by atoms with Gasteiger partial charge in [-0.05, 0) is 82.0 Å². The topological polar surface area (TPSA) is 110 Å². The zero-order valence-electron chi connectivity index (χ0n) is 22.3. The van der Waals surface area contributed by atoms with Crippen molar-refractivity contribution in [2.24, 2.45) is 23.2 Å². The monoisotopic (exact) mass is 495 g/mol. The molecule has 7 nitrogen and oxygen atoms in total. The molecule has 0 spiro atoms. The van der Waals surface area contributed by atoms with E-state index in [1.54, 1.807) is 11.0 Å². The maximum absolute atomic E-state index is 13.2. The minimum absolute atomic E-state index is 0.00233. The van der Waals surface area contributed by atoms with E-state index in [0.29, 0.717) is 24.2 Å². The Bertz CT molecular complexity index is 721. The van der Waals surface area contributed by atoms with Crippen molar-refractivity contribution in [3.63, 3.8) is 0 Å². The lowest BCUT2D eigenvalue weighted by Gasteiger charge is -2.45. The molecule has 1 heterocycles. The summed E-state index contributed by atoms with van der Waals surface area (Å²) < 4.78 is 5.55. The molecule has 0 bridgehead atoms. The van der Waals surface area contributed by atoms with Crippen LogP contribution in [0.25, 0.3) is 0 Å². The van der Waals surface area contributed by atoms with Crippen LogP contribution >= 0.6 is 0 Å². The van der Waals surface area contributed by atoms with Gasteiger partial charge < -0.3 is 30.1 Å². The predicted molar refractivity (Wildman–Crippen MR) is 136 cm³/mol. The molecule has 7 heteroatoms. The lowest BCUT2D eigenvalue weighted by atomic mass is 9.60.